The number of fused-ring (bicyclic) bond motifs is 1. The molecule has 0 saturated heterocycles. The van der Waals surface area contributed by atoms with Gasteiger partial charge in [-0.3, -0.25) is 20.4 Å². The number of benzene rings is 2. The minimum absolute atomic E-state index is 0.0288. The van der Waals surface area contributed by atoms with Crippen molar-refractivity contribution in [1.29, 1.82) is 0 Å². The van der Waals surface area contributed by atoms with Crippen LogP contribution in [-0.4, -0.2) is 11.8 Å². The van der Waals surface area contributed by atoms with E-state index >= 15 is 0 Å². The average molecular weight is 322 g/mol. The lowest BCUT2D eigenvalue weighted by atomic mass is 9.89. The Morgan fingerprint density at radius 3 is 2.50 bits per heavy atom. The maximum Gasteiger partial charge on any atom is 0.262 e. The quantitative estimate of drug-likeness (QED) is 0.670. The molecule has 0 atom stereocenters. The Balaban J connectivity index is 1.58. The smallest absolute Gasteiger partial charge is 0.262 e. The fraction of sp³-hybridized carbons (Fsp3) is 0.300. The average Bonchev–Trinajstić information content (AvgIpc) is 2.65. The minimum Gasteiger partial charge on any atom is -0.273 e. The van der Waals surface area contributed by atoms with Gasteiger partial charge in [-0.25, -0.2) is 0 Å². The minimum atomic E-state index is -0.327. The number of carbonyl (C=O) groups is 2. The number of nitrogens with one attached hydrogen (secondary N) is 2. The molecule has 2 amide bonds. The van der Waals surface area contributed by atoms with Gasteiger partial charge in [-0.1, -0.05) is 61.7 Å². The summed E-state index contributed by atoms with van der Waals surface area (Å²) in [6.45, 7) is 0. The predicted molar refractivity (Wildman–Crippen MR) is 95.8 cm³/mol. The molecule has 4 heteroatoms. The number of hydrogen-bond donors (Lipinski definition) is 2. The molecule has 1 fully saturated rings. The summed E-state index contributed by atoms with van der Waals surface area (Å²) in [4.78, 5) is 23.9. The Labute approximate surface area is 141 Å². The molecule has 2 aromatic rings. The standard InChI is InChI=1S/C20H22N2O2/c23-19(21-22-20(24)17-8-2-1-3-9-17)14-13-16-11-6-10-15-7-4-5-12-18(15)16/h4-7,10-14,17H,1-3,8-9H2,(H,21,23)(H,22,24). The predicted octanol–water partition coefficient (Wildman–Crippen LogP) is 3.58. The van der Waals surface area contributed by atoms with Crippen LogP contribution in [0.4, 0.5) is 0 Å². The van der Waals surface area contributed by atoms with Crippen molar-refractivity contribution in [1.82, 2.24) is 10.9 Å². The van der Waals surface area contributed by atoms with Crippen molar-refractivity contribution < 1.29 is 9.59 Å². The van der Waals surface area contributed by atoms with Crippen LogP contribution in [0.2, 0.25) is 0 Å². The molecule has 124 valence electrons. The Kier molecular flexibility index (Phi) is 5.26. The molecule has 4 nitrogen and oxygen atoms in total. The van der Waals surface area contributed by atoms with Crippen LogP contribution >= 0.6 is 0 Å². The molecule has 3 rings (SSSR count). The zero-order valence-corrected chi connectivity index (χ0v) is 13.6. The lowest BCUT2D eigenvalue weighted by Crippen LogP contribution is -2.44. The fourth-order valence-electron chi connectivity index (χ4n) is 3.19. The molecular weight excluding hydrogens is 300 g/mol. The third kappa shape index (κ3) is 4.02. The first kappa shape index (κ1) is 16.2. The highest BCUT2D eigenvalue weighted by Gasteiger charge is 2.20. The molecule has 0 aromatic heterocycles. The number of hydrazine groups is 1. The van der Waals surface area contributed by atoms with Crippen molar-refractivity contribution in [2.45, 2.75) is 32.1 Å². The van der Waals surface area contributed by atoms with E-state index in [0.29, 0.717) is 0 Å². The van der Waals surface area contributed by atoms with Crippen LogP contribution in [0.3, 0.4) is 0 Å². The van der Waals surface area contributed by atoms with E-state index < -0.39 is 0 Å². The van der Waals surface area contributed by atoms with Crippen LogP contribution in [0.1, 0.15) is 37.7 Å². The Morgan fingerprint density at radius 2 is 1.67 bits per heavy atom. The van der Waals surface area contributed by atoms with Crippen LogP contribution in [0, 0.1) is 5.92 Å². The molecule has 0 aliphatic heterocycles. The van der Waals surface area contributed by atoms with Gasteiger partial charge >= 0.3 is 0 Å². The highest BCUT2D eigenvalue weighted by atomic mass is 16.2. The van der Waals surface area contributed by atoms with Crippen LogP contribution in [-0.2, 0) is 9.59 Å². The summed E-state index contributed by atoms with van der Waals surface area (Å²) in [7, 11) is 0. The first-order valence-electron chi connectivity index (χ1n) is 8.50. The summed E-state index contributed by atoms with van der Waals surface area (Å²) < 4.78 is 0. The monoisotopic (exact) mass is 322 g/mol. The summed E-state index contributed by atoms with van der Waals surface area (Å²) >= 11 is 0. The van der Waals surface area contributed by atoms with Crippen LogP contribution in [0.25, 0.3) is 16.8 Å². The van der Waals surface area contributed by atoms with E-state index in [2.05, 4.69) is 10.9 Å². The lowest BCUT2D eigenvalue weighted by Gasteiger charge is -2.20. The first-order valence-corrected chi connectivity index (χ1v) is 8.50. The summed E-state index contributed by atoms with van der Waals surface area (Å²) in [5.41, 5.74) is 5.98. The number of hydrogen-bond acceptors (Lipinski definition) is 2. The van der Waals surface area contributed by atoms with Gasteiger partial charge in [-0.2, -0.15) is 0 Å². The van der Waals surface area contributed by atoms with Gasteiger partial charge in [0.15, 0.2) is 0 Å². The van der Waals surface area contributed by atoms with Crippen LogP contribution in [0.5, 0.6) is 0 Å². The topological polar surface area (TPSA) is 58.2 Å². The van der Waals surface area contributed by atoms with Crippen molar-refractivity contribution in [3.8, 4) is 0 Å². The SMILES string of the molecule is O=C(C=Cc1cccc2ccccc12)NNC(=O)C1CCCCC1. The second-order valence-electron chi connectivity index (χ2n) is 6.22. The van der Waals surface area contributed by atoms with Crippen molar-refractivity contribution >= 4 is 28.7 Å². The molecule has 0 heterocycles. The van der Waals surface area contributed by atoms with E-state index in [-0.39, 0.29) is 17.7 Å². The summed E-state index contributed by atoms with van der Waals surface area (Å²) in [5, 5.41) is 2.22. The zero-order chi connectivity index (χ0) is 16.8. The summed E-state index contributed by atoms with van der Waals surface area (Å²) in [5.74, 6) is -0.380. The Hall–Kier alpha value is -2.62. The van der Waals surface area contributed by atoms with Crippen molar-refractivity contribution in [2.75, 3.05) is 0 Å². The van der Waals surface area contributed by atoms with Gasteiger partial charge in [0.05, 0.1) is 0 Å². The number of rotatable bonds is 3. The van der Waals surface area contributed by atoms with E-state index in [1.54, 1.807) is 6.08 Å². The highest BCUT2D eigenvalue weighted by Crippen LogP contribution is 2.23. The molecule has 2 aromatic carbocycles. The fourth-order valence-corrected chi connectivity index (χ4v) is 3.19. The van der Waals surface area contributed by atoms with E-state index in [0.717, 1.165) is 42.0 Å². The molecule has 0 bridgehead atoms. The van der Waals surface area contributed by atoms with Crippen molar-refractivity contribution in [3.05, 3.63) is 54.1 Å². The summed E-state index contributed by atoms with van der Waals surface area (Å²) in [6, 6.07) is 14.0. The third-order valence-electron chi connectivity index (χ3n) is 4.52. The second-order valence-corrected chi connectivity index (χ2v) is 6.22. The molecule has 1 aliphatic carbocycles. The van der Waals surface area contributed by atoms with Gasteiger partial charge < -0.3 is 0 Å². The van der Waals surface area contributed by atoms with Crippen LogP contribution in [0.15, 0.2) is 48.5 Å². The van der Waals surface area contributed by atoms with E-state index in [1.807, 2.05) is 42.5 Å². The van der Waals surface area contributed by atoms with Gasteiger partial charge in [0.1, 0.15) is 0 Å². The Morgan fingerprint density at radius 1 is 0.917 bits per heavy atom. The van der Waals surface area contributed by atoms with Crippen LogP contribution < -0.4 is 10.9 Å². The normalized spacial score (nSPS) is 15.5. The van der Waals surface area contributed by atoms with E-state index in [4.69, 9.17) is 0 Å². The van der Waals surface area contributed by atoms with E-state index in [1.165, 1.54) is 12.5 Å². The number of carbonyl (C=O) groups excluding carboxylic acids is 2. The van der Waals surface area contributed by atoms with Crippen molar-refractivity contribution in [2.24, 2.45) is 5.92 Å². The highest BCUT2D eigenvalue weighted by molar-refractivity contribution is 5.97. The molecule has 1 aliphatic rings. The molecule has 0 spiro atoms. The molecule has 24 heavy (non-hydrogen) atoms. The second kappa shape index (κ2) is 7.77. The van der Waals surface area contributed by atoms with Crippen molar-refractivity contribution in [3.63, 3.8) is 0 Å². The maximum absolute atomic E-state index is 12.0. The molecular formula is C20H22N2O2. The van der Waals surface area contributed by atoms with Gasteiger partial charge in [0.25, 0.3) is 5.91 Å². The maximum atomic E-state index is 12.0. The van der Waals surface area contributed by atoms with Gasteiger partial charge in [0, 0.05) is 12.0 Å². The lowest BCUT2D eigenvalue weighted by molar-refractivity contribution is -0.130. The molecule has 1 saturated carbocycles. The summed E-state index contributed by atoms with van der Waals surface area (Å²) in [6.07, 6.45) is 8.42. The first-order chi connectivity index (χ1) is 11.7. The zero-order valence-electron chi connectivity index (χ0n) is 13.6. The Bertz CT molecular complexity index is 756. The van der Waals surface area contributed by atoms with Gasteiger partial charge in [-0.05, 0) is 35.3 Å². The molecule has 2 N–H and O–H groups in total. The number of amides is 2. The molecule has 0 radical (unpaired) electrons. The largest absolute Gasteiger partial charge is 0.273 e. The third-order valence-corrected chi connectivity index (χ3v) is 4.52. The van der Waals surface area contributed by atoms with Gasteiger partial charge in [0.2, 0.25) is 5.91 Å². The molecule has 0 unspecified atom stereocenters. The van der Waals surface area contributed by atoms with E-state index in [9.17, 15) is 9.59 Å². The van der Waals surface area contributed by atoms with Gasteiger partial charge in [-0.15, -0.1) is 0 Å².